The van der Waals surface area contributed by atoms with Gasteiger partial charge in [-0.15, -0.1) is 0 Å². The van der Waals surface area contributed by atoms with Crippen LogP contribution >= 0.6 is 0 Å². The summed E-state index contributed by atoms with van der Waals surface area (Å²) >= 11 is 0. The smallest absolute Gasteiger partial charge is 0.240 e. The van der Waals surface area contributed by atoms with Crippen molar-refractivity contribution in [3.63, 3.8) is 0 Å². The summed E-state index contributed by atoms with van der Waals surface area (Å²) in [6.45, 7) is 4.32. The first-order valence-electron chi connectivity index (χ1n) is 6.82. The van der Waals surface area contributed by atoms with Gasteiger partial charge in [0.15, 0.2) is 0 Å². The lowest BCUT2D eigenvalue weighted by Gasteiger charge is -2.10. The molecule has 114 valence electrons. The fraction of sp³-hybridized carbons (Fsp3) is 0.333. The predicted octanol–water partition coefficient (Wildman–Crippen LogP) is 2.67. The van der Waals surface area contributed by atoms with Gasteiger partial charge in [0.05, 0.1) is 11.4 Å². The number of hydrogen-bond acceptors (Lipinski definition) is 4. The molecule has 1 heterocycles. The molecule has 21 heavy (non-hydrogen) atoms. The van der Waals surface area contributed by atoms with Gasteiger partial charge in [0, 0.05) is 12.1 Å². The Morgan fingerprint density at radius 1 is 1.14 bits per heavy atom. The predicted molar refractivity (Wildman–Crippen MR) is 82.8 cm³/mol. The van der Waals surface area contributed by atoms with Crippen LogP contribution in [0.5, 0.6) is 0 Å². The monoisotopic (exact) mass is 308 g/mol. The molecule has 1 aromatic heterocycles. The molecule has 0 aliphatic heterocycles. The summed E-state index contributed by atoms with van der Waals surface area (Å²) in [5.74, 6) is 1.76. The molecule has 0 saturated heterocycles. The molecular formula is C15H20N2O3S. The number of benzene rings is 1. The normalized spacial score (nSPS) is 11.6. The Morgan fingerprint density at radius 3 is 2.48 bits per heavy atom. The zero-order chi connectivity index (χ0) is 15.5. The molecule has 0 spiro atoms. The minimum atomic E-state index is -3.45. The highest BCUT2D eigenvalue weighted by Gasteiger charge is 2.15. The van der Waals surface area contributed by atoms with Crippen LogP contribution in [0.2, 0.25) is 0 Å². The van der Waals surface area contributed by atoms with Crippen molar-refractivity contribution >= 4 is 15.7 Å². The second-order valence-electron chi connectivity index (χ2n) is 4.76. The van der Waals surface area contributed by atoms with Gasteiger partial charge in [0.1, 0.15) is 11.5 Å². The summed E-state index contributed by atoms with van der Waals surface area (Å²) in [6.07, 6.45) is 0.856. The molecule has 0 amide bonds. The van der Waals surface area contributed by atoms with Gasteiger partial charge in [0.2, 0.25) is 10.0 Å². The van der Waals surface area contributed by atoms with Crippen molar-refractivity contribution in [3.8, 4) is 0 Å². The van der Waals surface area contributed by atoms with Crippen LogP contribution in [0, 0.1) is 6.92 Å². The third kappa shape index (κ3) is 3.65. The number of rotatable bonds is 6. The maximum absolute atomic E-state index is 11.9. The number of sulfonamides is 1. The molecule has 2 N–H and O–H groups in total. The first kappa shape index (κ1) is 15.6. The summed E-state index contributed by atoms with van der Waals surface area (Å²) in [5.41, 5.74) is 1.45. The highest BCUT2D eigenvalue weighted by molar-refractivity contribution is 7.89. The summed E-state index contributed by atoms with van der Waals surface area (Å²) in [6, 6.07) is 9.14. The van der Waals surface area contributed by atoms with Crippen molar-refractivity contribution in [2.24, 2.45) is 0 Å². The Balaban J connectivity index is 2.16. The van der Waals surface area contributed by atoms with Crippen LogP contribution in [0.1, 0.15) is 24.0 Å². The molecular weight excluding hydrogens is 288 g/mol. The summed E-state index contributed by atoms with van der Waals surface area (Å²) in [5, 5.41) is 3.18. The number of aryl methyl sites for hydroxylation is 2. The molecule has 0 bridgehead atoms. The van der Waals surface area contributed by atoms with Gasteiger partial charge in [-0.2, -0.15) is 0 Å². The van der Waals surface area contributed by atoms with E-state index in [1.54, 1.807) is 19.1 Å². The van der Waals surface area contributed by atoms with Gasteiger partial charge >= 0.3 is 0 Å². The van der Waals surface area contributed by atoms with Gasteiger partial charge in [-0.25, -0.2) is 13.1 Å². The van der Waals surface area contributed by atoms with E-state index in [2.05, 4.69) is 10.0 Å². The molecule has 2 rings (SSSR count). The Hall–Kier alpha value is -1.79. The molecule has 5 nitrogen and oxygen atoms in total. The molecule has 0 atom stereocenters. The average molecular weight is 308 g/mol. The largest absolute Gasteiger partial charge is 0.464 e. The molecule has 0 aliphatic carbocycles. The standard InChI is InChI=1S/C15H20N2O3S/c1-4-13-7-8-14(20-13)10-17-12-6-5-11(2)15(9-12)21(18,19)16-3/h5-9,16-17H,4,10H2,1-3H3. The quantitative estimate of drug-likeness (QED) is 0.860. The van der Waals surface area contributed by atoms with E-state index < -0.39 is 10.0 Å². The molecule has 0 unspecified atom stereocenters. The maximum Gasteiger partial charge on any atom is 0.240 e. The molecule has 2 aromatic rings. The first-order valence-corrected chi connectivity index (χ1v) is 8.30. The van der Waals surface area contributed by atoms with Crippen LogP contribution in [0.15, 0.2) is 39.6 Å². The van der Waals surface area contributed by atoms with E-state index in [0.29, 0.717) is 12.1 Å². The third-order valence-electron chi connectivity index (χ3n) is 3.28. The second kappa shape index (κ2) is 6.32. The van der Waals surface area contributed by atoms with E-state index in [4.69, 9.17) is 4.42 Å². The van der Waals surface area contributed by atoms with Crippen molar-refractivity contribution in [2.75, 3.05) is 12.4 Å². The van der Waals surface area contributed by atoms with Gasteiger partial charge in [-0.05, 0) is 43.8 Å². The van der Waals surface area contributed by atoms with Gasteiger partial charge < -0.3 is 9.73 Å². The van der Waals surface area contributed by atoms with E-state index in [0.717, 1.165) is 23.6 Å². The van der Waals surface area contributed by atoms with Crippen molar-refractivity contribution in [1.82, 2.24) is 4.72 Å². The Morgan fingerprint density at radius 2 is 1.86 bits per heavy atom. The number of hydrogen-bond donors (Lipinski definition) is 2. The SMILES string of the molecule is CCc1ccc(CNc2ccc(C)c(S(=O)(=O)NC)c2)o1. The van der Waals surface area contributed by atoms with Crippen molar-refractivity contribution < 1.29 is 12.8 Å². The van der Waals surface area contributed by atoms with Gasteiger partial charge in [-0.1, -0.05) is 13.0 Å². The summed E-state index contributed by atoms with van der Waals surface area (Å²) in [4.78, 5) is 0.281. The molecule has 0 fully saturated rings. The maximum atomic E-state index is 11.9. The summed E-state index contributed by atoms with van der Waals surface area (Å²) in [7, 11) is -2.04. The van der Waals surface area contributed by atoms with E-state index in [-0.39, 0.29) is 4.90 Å². The Labute approximate surface area is 125 Å². The first-order chi connectivity index (χ1) is 9.96. The average Bonchev–Trinajstić information content (AvgIpc) is 2.94. The highest BCUT2D eigenvalue weighted by Crippen LogP contribution is 2.20. The summed E-state index contributed by atoms with van der Waals surface area (Å²) < 4.78 is 31.8. The van der Waals surface area contributed by atoms with Crippen LogP contribution in [0.25, 0.3) is 0 Å². The Bertz CT molecular complexity index is 720. The van der Waals surface area contributed by atoms with Crippen LogP contribution in [0.3, 0.4) is 0 Å². The van der Waals surface area contributed by atoms with E-state index in [9.17, 15) is 8.42 Å². The number of furan rings is 1. The lowest BCUT2D eigenvalue weighted by atomic mass is 10.2. The third-order valence-corrected chi connectivity index (χ3v) is 4.84. The molecule has 0 saturated carbocycles. The van der Waals surface area contributed by atoms with E-state index in [1.165, 1.54) is 7.05 Å². The minimum Gasteiger partial charge on any atom is -0.464 e. The van der Waals surface area contributed by atoms with Crippen LogP contribution in [-0.4, -0.2) is 15.5 Å². The van der Waals surface area contributed by atoms with Gasteiger partial charge in [-0.3, -0.25) is 0 Å². The Kier molecular flexibility index (Phi) is 4.69. The minimum absolute atomic E-state index is 0.281. The lowest BCUT2D eigenvalue weighted by molar-refractivity contribution is 0.476. The van der Waals surface area contributed by atoms with Crippen LogP contribution < -0.4 is 10.0 Å². The number of anilines is 1. The van der Waals surface area contributed by atoms with Crippen LogP contribution in [0.4, 0.5) is 5.69 Å². The molecule has 1 aromatic carbocycles. The second-order valence-corrected chi connectivity index (χ2v) is 6.62. The van der Waals surface area contributed by atoms with Crippen molar-refractivity contribution in [3.05, 3.63) is 47.4 Å². The highest BCUT2D eigenvalue weighted by atomic mass is 32.2. The zero-order valence-corrected chi connectivity index (χ0v) is 13.3. The lowest BCUT2D eigenvalue weighted by Crippen LogP contribution is -2.19. The van der Waals surface area contributed by atoms with Crippen LogP contribution in [-0.2, 0) is 23.0 Å². The molecule has 0 radical (unpaired) electrons. The van der Waals surface area contributed by atoms with Crippen molar-refractivity contribution in [1.29, 1.82) is 0 Å². The van der Waals surface area contributed by atoms with E-state index in [1.807, 2.05) is 25.1 Å². The fourth-order valence-electron chi connectivity index (χ4n) is 2.01. The van der Waals surface area contributed by atoms with Gasteiger partial charge in [0.25, 0.3) is 0 Å². The van der Waals surface area contributed by atoms with E-state index >= 15 is 0 Å². The zero-order valence-electron chi connectivity index (χ0n) is 12.4. The molecule has 6 heteroatoms. The molecule has 0 aliphatic rings. The van der Waals surface area contributed by atoms with Crippen molar-refractivity contribution in [2.45, 2.75) is 31.7 Å². The fourth-order valence-corrected chi connectivity index (χ4v) is 3.00. The number of nitrogens with one attached hydrogen (secondary N) is 2. The topological polar surface area (TPSA) is 71.3 Å².